The van der Waals surface area contributed by atoms with E-state index in [-0.39, 0.29) is 23.3 Å². The Labute approximate surface area is 110 Å². The molecule has 0 spiro atoms. The van der Waals surface area contributed by atoms with Crippen LogP contribution in [0.15, 0.2) is 18.2 Å². The molecule has 1 aromatic carbocycles. The molecule has 1 fully saturated rings. The molecule has 1 amide bonds. The number of amides is 1. The fourth-order valence-corrected chi connectivity index (χ4v) is 2.16. The van der Waals surface area contributed by atoms with Crippen LogP contribution in [-0.4, -0.2) is 42.0 Å². The lowest BCUT2D eigenvalue weighted by Gasteiger charge is -2.16. The summed E-state index contributed by atoms with van der Waals surface area (Å²) >= 11 is 0. The van der Waals surface area contributed by atoms with Gasteiger partial charge in [-0.05, 0) is 18.6 Å². The van der Waals surface area contributed by atoms with Crippen molar-refractivity contribution in [2.75, 3.05) is 25.9 Å². The lowest BCUT2D eigenvalue weighted by atomic mass is 10.1. The van der Waals surface area contributed by atoms with Crippen LogP contribution in [0, 0.1) is 10.1 Å². The lowest BCUT2D eigenvalue weighted by molar-refractivity contribution is -0.385. The first-order chi connectivity index (χ1) is 9.02. The summed E-state index contributed by atoms with van der Waals surface area (Å²) in [5.74, 6) is -0.376. The molecule has 1 saturated heterocycles. The van der Waals surface area contributed by atoms with Crippen molar-refractivity contribution in [2.45, 2.75) is 12.5 Å². The normalized spacial score (nSPS) is 18.6. The topological polar surface area (TPSA) is 98.7 Å². The van der Waals surface area contributed by atoms with E-state index in [1.165, 1.54) is 18.2 Å². The van der Waals surface area contributed by atoms with Crippen molar-refractivity contribution in [1.29, 1.82) is 0 Å². The van der Waals surface area contributed by atoms with E-state index in [9.17, 15) is 14.9 Å². The zero-order valence-corrected chi connectivity index (χ0v) is 10.5. The number of nitrogen functional groups attached to an aromatic ring is 1. The molecule has 0 saturated carbocycles. The summed E-state index contributed by atoms with van der Waals surface area (Å²) in [6, 6.07) is 4.02. The van der Waals surface area contributed by atoms with Crippen LogP contribution < -0.4 is 5.73 Å². The molecular weight excluding hydrogens is 250 g/mol. The number of benzene rings is 1. The fourth-order valence-electron chi connectivity index (χ4n) is 2.16. The van der Waals surface area contributed by atoms with Crippen molar-refractivity contribution in [1.82, 2.24) is 4.90 Å². The molecule has 19 heavy (non-hydrogen) atoms. The van der Waals surface area contributed by atoms with Crippen LogP contribution in [0.2, 0.25) is 0 Å². The van der Waals surface area contributed by atoms with Gasteiger partial charge in [-0.1, -0.05) is 0 Å². The van der Waals surface area contributed by atoms with Crippen molar-refractivity contribution >= 4 is 17.3 Å². The Morgan fingerprint density at radius 2 is 2.32 bits per heavy atom. The van der Waals surface area contributed by atoms with E-state index in [2.05, 4.69) is 0 Å². The van der Waals surface area contributed by atoms with E-state index in [4.69, 9.17) is 10.5 Å². The van der Waals surface area contributed by atoms with Gasteiger partial charge in [0.05, 0.1) is 11.0 Å². The first-order valence-electron chi connectivity index (χ1n) is 5.89. The van der Waals surface area contributed by atoms with Gasteiger partial charge in [0.25, 0.3) is 11.6 Å². The number of methoxy groups -OCH3 is 1. The first-order valence-corrected chi connectivity index (χ1v) is 5.89. The second-order valence-corrected chi connectivity index (χ2v) is 4.43. The molecule has 1 heterocycles. The quantitative estimate of drug-likeness (QED) is 0.500. The molecule has 7 nitrogen and oxygen atoms in total. The third kappa shape index (κ3) is 2.65. The standard InChI is InChI=1S/C12H15N3O4/c1-19-9-4-5-14(7-9)12(16)10-6-8(13)2-3-11(10)15(17)18/h2-3,6,9H,4-5,7,13H2,1H3. The van der Waals surface area contributed by atoms with E-state index in [0.29, 0.717) is 18.8 Å². The van der Waals surface area contributed by atoms with E-state index in [1.54, 1.807) is 12.0 Å². The molecule has 1 unspecified atom stereocenters. The number of carbonyl (C=O) groups excluding carboxylic acids is 1. The summed E-state index contributed by atoms with van der Waals surface area (Å²) in [7, 11) is 1.58. The van der Waals surface area contributed by atoms with Gasteiger partial charge < -0.3 is 15.4 Å². The van der Waals surface area contributed by atoms with Crippen LogP contribution >= 0.6 is 0 Å². The van der Waals surface area contributed by atoms with Crippen LogP contribution in [0.3, 0.4) is 0 Å². The number of nitro groups is 1. The largest absolute Gasteiger partial charge is 0.399 e. The SMILES string of the molecule is COC1CCN(C(=O)c2cc(N)ccc2[N+](=O)[O-])C1. The predicted molar refractivity (Wildman–Crippen MR) is 68.8 cm³/mol. The third-order valence-electron chi connectivity index (χ3n) is 3.21. The molecule has 1 aromatic rings. The summed E-state index contributed by atoms with van der Waals surface area (Å²) in [5, 5.41) is 10.9. The van der Waals surface area contributed by atoms with Crippen LogP contribution in [0.25, 0.3) is 0 Å². The zero-order valence-electron chi connectivity index (χ0n) is 10.5. The highest BCUT2D eigenvalue weighted by Crippen LogP contribution is 2.24. The maximum absolute atomic E-state index is 12.3. The molecule has 102 valence electrons. The van der Waals surface area contributed by atoms with E-state index in [1.807, 2.05) is 0 Å². The molecule has 0 bridgehead atoms. The van der Waals surface area contributed by atoms with Crippen molar-refractivity contribution in [3.05, 3.63) is 33.9 Å². The molecule has 0 radical (unpaired) electrons. The molecule has 1 atom stereocenters. The van der Waals surface area contributed by atoms with Crippen molar-refractivity contribution in [3.63, 3.8) is 0 Å². The number of nitro benzene ring substituents is 1. The Morgan fingerprint density at radius 1 is 1.58 bits per heavy atom. The number of anilines is 1. The van der Waals surface area contributed by atoms with Gasteiger partial charge in [-0.15, -0.1) is 0 Å². The summed E-state index contributed by atoms with van der Waals surface area (Å²) in [5.41, 5.74) is 5.74. The summed E-state index contributed by atoms with van der Waals surface area (Å²) in [6.45, 7) is 0.977. The van der Waals surface area contributed by atoms with E-state index >= 15 is 0 Å². The predicted octanol–water partition coefficient (Wildman–Crippen LogP) is 1.04. The highest BCUT2D eigenvalue weighted by molar-refractivity contribution is 5.99. The Bertz CT molecular complexity index is 518. The maximum atomic E-state index is 12.3. The highest BCUT2D eigenvalue weighted by Gasteiger charge is 2.30. The van der Waals surface area contributed by atoms with Gasteiger partial charge in [0.15, 0.2) is 0 Å². The van der Waals surface area contributed by atoms with Crippen LogP contribution in [0.4, 0.5) is 11.4 Å². The van der Waals surface area contributed by atoms with Crippen LogP contribution in [0.5, 0.6) is 0 Å². The molecule has 2 N–H and O–H groups in total. The number of likely N-dealkylation sites (tertiary alicyclic amines) is 1. The molecule has 0 aliphatic carbocycles. The zero-order chi connectivity index (χ0) is 14.0. The summed E-state index contributed by atoms with van der Waals surface area (Å²) in [6.07, 6.45) is 0.724. The minimum absolute atomic E-state index is 0.0101. The molecule has 1 aliphatic heterocycles. The average Bonchev–Trinajstić information content (AvgIpc) is 2.86. The Morgan fingerprint density at radius 3 is 2.89 bits per heavy atom. The van der Waals surface area contributed by atoms with Crippen LogP contribution in [-0.2, 0) is 4.74 Å². The lowest BCUT2D eigenvalue weighted by Crippen LogP contribution is -2.30. The maximum Gasteiger partial charge on any atom is 0.282 e. The fraction of sp³-hybridized carbons (Fsp3) is 0.417. The van der Waals surface area contributed by atoms with Gasteiger partial charge in [-0.25, -0.2) is 0 Å². The molecule has 7 heteroatoms. The van der Waals surface area contributed by atoms with Gasteiger partial charge in [-0.3, -0.25) is 14.9 Å². The summed E-state index contributed by atoms with van der Waals surface area (Å²) < 4.78 is 5.18. The second-order valence-electron chi connectivity index (χ2n) is 4.43. The van der Waals surface area contributed by atoms with E-state index in [0.717, 1.165) is 6.42 Å². The van der Waals surface area contributed by atoms with Crippen molar-refractivity contribution in [3.8, 4) is 0 Å². The number of ether oxygens (including phenoxy) is 1. The Hall–Kier alpha value is -2.15. The van der Waals surface area contributed by atoms with Crippen LogP contribution in [0.1, 0.15) is 16.8 Å². The number of nitrogens with zero attached hydrogens (tertiary/aromatic N) is 2. The van der Waals surface area contributed by atoms with E-state index < -0.39 is 4.92 Å². The second kappa shape index (κ2) is 5.23. The smallest absolute Gasteiger partial charge is 0.282 e. The number of rotatable bonds is 3. The molecule has 1 aliphatic rings. The number of carbonyl (C=O) groups is 1. The number of hydrogen-bond donors (Lipinski definition) is 1. The Balaban J connectivity index is 2.28. The summed E-state index contributed by atoms with van der Waals surface area (Å²) in [4.78, 5) is 24.2. The monoisotopic (exact) mass is 265 g/mol. The number of nitrogens with two attached hydrogens (primary N) is 1. The van der Waals surface area contributed by atoms with Gasteiger partial charge in [0.1, 0.15) is 5.56 Å². The first kappa shape index (κ1) is 13.3. The molecule has 2 rings (SSSR count). The molecular formula is C12H15N3O4. The highest BCUT2D eigenvalue weighted by atomic mass is 16.6. The number of hydrogen-bond acceptors (Lipinski definition) is 5. The molecule has 0 aromatic heterocycles. The van der Waals surface area contributed by atoms with Crippen molar-refractivity contribution < 1.29 is 14.5 Å². The van der Waals surface area contributed by atoms with Crippen molar-refractivity contribution in [2.24, 2.45) is 0 Å². The average molecular weight is 265 g/mol. The minimum Gasteiger partial charge on any atom is -0.399 e. The Kier molecular flexibility index (Phi) is 3.66. The van der Waals surface area contributed by atoms with Gasteiger partial charge in [-0.2, -0.15) is 0 Å². The third-order valence-corrected chi connectivity index (χ3v) is 3.21. The van der Waals surface area contributed by atoms with Gasteiger partial charge >= 0.3 is 0 Å². The van der Waals surface area contributed by atoms with Gasteiger partial charge in [0, 0.05) is 32.0 Å². The van der Waals surface area contributed by atoms with Gasteiger partial charge in [0.2, 0.25) is 0 Å². The minimum atomic E-state index is -0.573.